The van der Waals surface area contributed by atoms with Crippen LogP contribution in [0.2, 0.25) is 0 Å². The summed E-state index contributed by atoms with van der Waals surface area (Å²) in [6.07, 6.45) is 0.0901. The first kappa shape index (κ1) is 22.9. The maximum absolute atomic E-state index is 12.9. The Morgan fingerprint density at radius 2 is 2.14 bits per heavy atom. The molecule has 3 rings (SSSR count). The second kappa shape index (κ2) is 8.97. The van der Waals surface area contributed by atoms with E-state index in [0.29, 0.717) is 5.57 Å². The van der Waals surface area contributed by atoms with E-state index in [1.54, 1.807) is 6.07 Å². The van der Waals surface area contributed by atoms with Crippen LogP contribution in [0.1, 0.15) is 19.2 Å². The smallest absolute Gasteiger partial charge is 0.352 e. The maximum atomic E-state index is 12.9. The lowest BCUT2D eigenvalue weighted by Gasteiger charge is -2.55. The summed E-state index contributed by atoms with van der Waals surface area (Å²) < 4.78 is 10.3. The molecule has 0 spiro atoms. The summed E-state index contributed by atoms with van der Waals surface area (Å²) in [4.78, 5) is 50.0. The number of hydrogen-bond donors (Lipinski definition) is 2. The number of nitrogens with one attached hydrogen (secondary N) is 1. The minimum atomic E-state index is -1.63. The van der Waals surface area contributed by atoms with Gasteiger partial charge in [-0.1, -0.05) is 13.5 Å². The molecule has 2 amide bonds. The number of carbonyl (C=O) groups excluding carboxylic acids is 3. The largest absolute Gasteiger partial charge is 0.477 e. The van der Waals surface area contributed by atoms with Crippen molar-refractivity contribution in [2.24, 2.45) is 0 Å². The third-order valence-electron chi connectivity index (χ3n) is 4.32. The number of hydrogen-bond acceptors (Lipinski definition) is 8. The molecule has 11 heteroatoms. The molecule has 2 aliphatic heterocycles. The molecule has 1 saturated heterocycles. The third kappa shape index (κ3) is 4.16. The fourth-order valence-corrected chi connectivity index (χ4v) is 5.19. The van der Waals surface area contributed by atoms with Gasteiger partial charge in [-0.3, -0.25) is 19.3 Å². The fourth-order valence-electron chi connectivity index (χ4n) is 3.07. The number of carbonyl (C=O) groups is 4. The number of carboxylic acid groups (broad SMARTS) is 1. The Labute approximate surface area is 176 Å². The van der Waals surface area contributed by atoms with Crippen molar-refractivity contribution in [3.63, 3.8) is 0 Å². The number of ether oxygens (including phenoxy) is 2. The number of rotatable bonds is 7. The van der Waals surface area contributed by atoms with E-state index in [0.717, 1.165) is 9.78 Å². The minimum absolute atomic E-state index is 0. The molecule has 9 nitrogen and oxygen atoms in total. The van der Waals surface area contributed by atoms with Crippen LogP contribution in [0.25, 0.3) is 0 Å². The van der Waals surface area contributed by atoms with E-state index in [1.165, 1.54) is 37.1 Å². The van der Waals surface area contributed by atoms with Crippen LogP contribution < -0.4 is 5.32 Å². The fraction of sp³-hybridized carbons (Fsp3) is 0.444. The molecule has 0 aliphatic carbocycles. The van der Waals surface area contributed by atoms with E-state index >= 15 is 0 Å². The zero-order chi connectivity index (χ0) is 20.5. The van der Waals surface area contributed by atoms with Crippen molar-refractivity contribution in [3.05, 3.63) is 33.7 Å². The third-order valence-corrected chi connectivity index (χ3v) is 6.57. The number of esters is 1. The quantitative estimate of drug-likeness (QED) is 0.367. The van der Waals surface area contributed by atoms with Gasteiger partial charge in [-0.2, -0.15) is 0 Å². The minimum Gasteiger partial charge on any atom is -0.477 e. The van der Waals surface area contributed by atoms with Crippen molar-refractivity contribution in [2.45, 2.75) is 31.9 Å². The first-order chi connectivity index (χ1) is 13.3. The van der Waals surface area contributed by atoms with Crippen molar-refractivity contribution < 1.29 is 33.8 Å². The average Bonchev–Trinajstić information content (AvgIpc) is 3.15. The molecule has 0 saturated carbocycles. The Hall–Kier alpha value is -2.37. The van der Waals surface area contributed by atoms with E-state index in [1.807, 2.05) is 11.4 Å². The van der Waals surface area contributed by atoms with Crippen LogP contribution in [0.15, 0.2) is 28.8 Å². The average molecular weight is 443 g/mol. The molecular weight excluding hydrogens is 420 g/mol. The van der Waals surface area contributed by atoms with Gasteiger partial charge in [0.2, 0.25) is 5.91 Å². The van der Waals surface area contributed by atoms with Crippen molar-refractivity contribution in [3.8, 4) is 0 Å². The molecule has 0 aromatic carbocycles. The van der Waals surface area contributed by atoms with E-state index in [-0.39, 0.29) is 31.9 Å². The number of nitrogens with zero attached hydrogens (tertiary/aromatic N) is 1. The Kier molecular flexibility index (Phi) is 7.09. The van der Waals surface area contributed by atoms with Gasteiger partial charge in [-0.15, -0.1) is 23.1 Å². The van der Waals surface area contributed by atoms with Crippen LogP contribution in [0.5, 0.6) is 0 Å². The van der Waals surface area contributed by atoms with Crippen LogP contribution in [0, 0.1) is 0 Å². The number of aliphatic carboxylic acids is 1. The van der Waals surface area contributed by atoms with Crippen LogP contribution >= 0.6 is 23.1 Å². The summed E-state index contributed by atoms with van der Waals surface area (Å²) in [5.74, 6) is -2.72. The summed E-state index contributed by atoms with van der Waals surface area (Å²) in [6, 6.07) is 3.63. The van der Waals surface area contributed by atoms with Gasteiger partial charge >= 0.3 is 11.9 Å². The molecule has 2 aliphatic rings. The molecule has 0 radical (unpaired) electrons. The highest BCUT2D eigenvalue weighted by Gasteiger charge is 2.66. The lowest BCUT2D eigenvalue weighted by molar-refractivity contribution is -0.192. The van der Waals surface area contributed by atoms with Gasteiger partial charge in [0.15, 0.2) is 0 Å². The zero-order valence-corrected chi connectivity index (χ0v) is 16.7. The van der Waals surface area contributed by atoms with Crippen molar-refractivity contribution in [2.75, 3.05) is 19.5 Å². The first-order valence-corrected chi connectivity index (χ1v) is 10.2. The van der Waals surface area contributed by atoms with E-state index in [2.05, 4.69) is 5.32 Å². The first-order valence-electron chi connectivity index (χ1n) is 8.22. The molecular formula is C18H22N2O7S2. The van der Waals surface area contributed by atoms with E-state index in [4.69, 9.17) is 9.47 Å². The molecule has 1 aromatic rings. The number of thioether (sulfide) groups is 1. The molecule has 1 unspecified atom stereocenters. The van der Waals surface area contributed by atoms with E-state index < -0.39 is 34.9 Å². The molecule has 2 N–H and O–H groups in total. The molecule has 1 aromatic heterocycles. The van der Waals surface area contributed by atoms with Gasteiger partial charge in [0.1, 0.15) is 17.7 Å². The molecule has 1 fully saturated rings. The molecule has 3 heterocycles. The Balaban J connectivity index is 0.00000300. The molecule has 29 heavy (non-hydrogen) atoms. The number of fused-ring (bicyclic) bond motifs is 1. The summed E-state index contributed by atoms with van der Waals surface area (Å²) in [7, 11) is 1.29. The standard InChI is InChI=1S/C17H18N2O7S2.CH4/c1-9(20)26-7-10-8-28-16-17(25-2,15(24)19(16)13(10)14(22)23)18-12(21)6-11-4-3-5-27-11;/h3-5,16H,6-8H2,1-2H3,(H,18,21)(H,22,23);1H4/t16?,17-;/m0./s1. The predicted molar refractivity (Wildman–Crippen MR) is 107 cm³/mol. The van der Waals surface area contributed by atoms with Gasteiger partial charge in [0.05, 0.1) is 6.42 Å². The lowest BCUT2D eigenvalue weighted by atomic mass is 9.98. The number of thiophene rings is 1. The van der Waals surface area contributed by atoms with Crippen molar-refractivity contribution >= 4 is 46.9 Å². The van der Waals surface area contributed by atoms with Crippen LogP contribution in [0.4, 0.5) is 0 Å². The molecule has 0 bridgehead atoms. The van der Waals surface area contributed by atoms with Crippen molar-refractivity contribution in [1.82, 2.24) is 10.2 Å². The number of amides is 2. The normalized spacial score (nSPS) is 22.9. The monoisotopic (exact) mass is 442 g/mol. The highest BCUT2D eigenvalue weighted by molar-refractivity contribution is 8.00. The molecule has 158 valence electrons. The summed E-state index contributed by atoms with van der Waals surface area (Å²) in [5.41, 5.74) is -1.56. The van der Waals surface area contributed by atoms with Gasteiger partial charge in [-0.25, -0.2) is 4.79 Å². The second-order valence-corrected chi connectivity index (χ2v) is 8.22. The van der Waals surface area contributed by atoms with Crippen LogP contribution in [-0.4, -0.2) is 64.3 Å². The Bertz CT molecular complexity index is 852. The van der Waals surface area contributed by atoms with Gasteiger partial charge in [0, 0.05) is 30.2 Å². The molecule has 2 atom stereocenters. The zero-order valence-electron chi connectivity index (χ0n) is 15.1. The van der Waals surface area contributed by atoms with Crippen molar-refractivity contribution in [1.29, 1.82) is 0 Å². The van der Waals surface area contributed by atoms with Gasteiger partial charge in [0.25, 0.3) is 11.6 Å². The van der Waals surface area contributed by atoms with Gasteiger partial charge in [-0.05, 0) is 11.4 Å². The predicted octanol–water partition coefficient (Wildman–Crippen LogP) is 1.20. The highest BCUT2D eigenvalue weighted by Crippen LogP contribution is 2.46. The number of β-lactam (4-membered cyclic amide) rings is 1. The summed E-state index contributed by atoms with van der Waals surface area (Å²) in [5, 5.41) is 13.3. The van der Waals surface area contributed by atoms with Crippen LogP contribution in [-0.2, 0) is 35.1 Å². The van der Waals surface area contributed by atoms with Gasteiger partial charge < -0.3 is 19.9 Å². The number of carboxylic acids is 1. The number of methoxy groups -OCH3 is 1. The van der Waals surface area contributed by atoms with E-state index in [9.17, 15) is 24.3 Å². The maximum Gasteiger partial charge on any atom is 0.352 e. The highest BCUT2D eigenvalue weighted by atomic mass is 32.2. The van der Waals surface area contributed by atoms with Crippen LogP contribution in [0.3, 0.4) is 0 Å². The summed E-state index contributed by atoms with van der Waals surface area (Å²) >= 11 is 2.65. The second-order valence-electron chi connectivity index (χ2n) is 6.12. The summed E-state index contributed by atoms with van der Waals surface area (Å²) in [6.45, 7) is 0.999. The Morgan fingerprint density at radius 3 is 2.69 bits per heavy atom. The Morgan fingerprint density at radius 1 is 1.41 bits per heavy atom. The lowest BCUT2D eigenvalue weighted by Crippen LogP contribution is -2.80. The topological polar surface area (TPSA) is 122 Å². The SMILES string of the molecule is C.CO[C@@]1(NC(=O)Cc2cccs2)C(=O)N2C(C(=O)O)=C(COC(C)=O)CSC21.